The molecular weight excluding hydrogens is 411 g/mol. The van der Waals surface area contributed by atoms with Crippen LogP contribution < -0.4 is 14.8 Å². The van der Waals surface area contributed by atoms with E-state index < -0.39 is 0 Å². The lowest BCUT2D eigenvalue weighted by molar-refractivity contribution is -0.126. The summed E-state index contributed by atoms with van der Waals surface area (Å²) in [5, 5.41) is 3.08. The van der Waals surface area contributed by atoms with E-state index in [-0.39, 0.29) is 29.0 Å². The Morgan fingerprint density at radius 2 is 1.81 bits per heavy atom. The molecule has 2 amide bonds. The van der Waals surface area contributed by atoms with Gasteiger partial charge < -0.3 is 19.7 Å². The average Bonchev–Trinajstić information content (AvgIpc) is 2.82. The van der Waals surface area contributed by atoms with Crippen molar-refractivity contribution in [3.8, 4) is 11.5 Å². The van der Waals surface area contributed by atoms with Crippen molar-refractivity contribution in [2.24, 2.45) is 5.92 Å². The van der Waals surface area contributed by atoms with E-state index in [1.807, 2.05) is 18.2 Å². The number of hydrogen-bond donors (Lipinski definition) is 1. The second kappa shape index (κ2) is 9.18. The van der Waals surface area contributed by atoms with Gasteiger partial charge in [-0.3, -0.25) is 9.59 Å². The highest BCUT2D eigenvalue weighted by atomic mass is 19.1. The minimum absolute atomic E-state index is 0.0489. The van der Waals surface area contributed by atoms with Crippen molar-refractivity contribution in [2.45, 2.75) is 32.1 Å². The monoisotopic (exact) mass is 440 g/mol. The number of piperidine rings is 1. The summed E-state index contributed by atoms with van der Waals surface area (Å²) in [6.45, 7) is 6.66. The summed E-state index contributed by atoms with van der Waals surface area (Å²) in [6, 6.07) is 11.4. The van der Waals surface area contributed by atoms with Gasteiger partial charge >= 0.3 is 0 Å². The number of carbonyl (C=O) groups excluding carboxylic acids is 2. The van der Waals surface area contributed by atoms with Crippen LogP contribution in [0.15, 0.2) is 42.5 Å². The van der Waals surface area contributed by atoms with Gasteiger partial charge in [0.25, 0.3) is 5.91 Å². The Hall–Kier alpha value is -3.09. The summed E-state index contributed by atoms with van der Waals surface area (Å²) in [6.07, 6.45) is 1.50. The number of amides is 2. The predicted molar refractivity (Wildman–Crippen MR) is 118 cm³/mol. The summed E-state index contributed by atoms with van der Waals surface area (Å²) in [5.41, 5.74) is 1.19. The van der Waals surface area contributed by atoms with E-state index in [4.69, 9.17) is 9.47 Å². The minimum atomic E-state index is -0.377. The zero-order valence-corrected chi connectivity index (χ0v) is 18.5. The van der Waals surface area contributed by atoms with E-state index in [1.165, 1.54) is 24.3 Å². The fourth-order valence-electron chi connectivity index (χ4n) is 4.17. The van der Waals surface area contributed by atoms with E-state index in [9.17, 15) is 14.0 Å². The lowest BCUT2D eigenvalue weighted by Crippen LogP contribution is -2.47. The zero-order chi connectivity index (χ0) is 22.7. The maximum atomic E-state index is 13.2. The number of likely N-dealkylation sites (tertiary alicyclic amines) is 1. The molecule has 2 aliphatic heterocycles. The number of hydrogen-bond acceptors (Lipinski definition) is 4. The van der Waals surface area contributed by atoms with Crippen molar-refractivity contribution >= 4 is 11.8 Å². The number of fused-ring (bicyclic) bond motifs is 1. The fraction of sp³-hybridized carbons (Fsp3) is 0.440. The Morgan fingerprint density at radius 3 is 2.56 bits per heavy atom. The Labute approximate surface area is 187 Å². The van der Waals surface area contributed by atoms with E-state index in [0.717, 1.165) is 29.9 Å². The van der Waals surface area contributed by atoms with Gasteiger partial charge in [0.05, 0.1) is 5.92 Å². The first-order valence-electron chi connectivity index (χ1n) is 11.1. The predicted octanol–water partition coefficient (Wildman–Crippen LogP) is 3.54. The van der Waals surface area contributed by atoms with Crippen molar-refractivity contribution < 1.29 is 23.5 Å². The number of ether oxygens (including phenoxy) is 2. The second-order valence-corrected chi connectivity index (χ2v) is 9.06. The van der Waals surface area contributed by atoms with E-state index in [0.29, 0.717) is 38.4 Å². The van der Waals surface area contributed by atoms with Gasteiger partial charge in [-0.25, -0.2) is 4.39 Å². The van der Waals surface area contributed by atoms with Gasteiger partial charge in [-0.15, -0.1) is 0 Å². The molecule has 4 rings (SSSR count). The fourth-order valence-corrected chi connectivity index (χ4v) is 4.17. The SMILES string of the molecule is CC(C)(CNC(=O)C1CCCN(C(=O)c2ccc(F)cc2)C1)c1ccc2c(c1)OCCO2. The molecule has 1 N–H and O–H groups in total. The van der Waals surface area contributed by atoms with Gasteiger partial charge in [-0.05, 0) is 54.8 Å². The Kier molecular flexibility index (Phi) is 6.35. The lowest BCUT2D eigenvalue weighted by atomic mass is 9.84. The number of halogens is 1. The third-order valence-corrected chi connectivity index (χ3v) is 6.20. The van der Waals surface area contributed by atoms with Crippen LogP contribution in [0, 0.1) is 11.7 Å². The zero-order valence-electron chi connectivity index (χ0n) is 18.5. The molecule has 7 heteroatoms. The Bertz CT molecular complexity index is 990. The smallest absolute Gasteiger partial charge is 0.253 e. The molecule has 0 spiro atoms. The number of nitrogens with zero attached hydrogens (tertiary/aromatic N) is 1. The van der Waals surface area contributed by atoms with Crippen LogP contribution in [-0.2, 0) is 10.2 Å². The Balaban J connectivity index is 1.36. The van der Waals surface area contributed by atoms with Crippen molar-refractivity contribution in [1.29, 1.82) is 0 Å². The van der Waals surface area contributed by atoms with Crippen LogP contribution in [0.4, 0.5) is 4.39 Å². The highest BCUT2D eigenvalue weighted by Crippen LogP contribution is 2.35. The van der Waals surface area contributed by atoms with Crippen molar-refractivity contribution in [3.63, 3.8) is 0 Å². The highest BCUT2D eigenvalue weighted by molar-refractivity contribution is 5.94. The van der Waals surface area contributed by atoms with Crippen LogP contribution in [0.1, 0.15) is 42.6 Å². The molecule has 0 aliphatic carbocycles. The normalized spacial score (nSPS) is 18.2. The van der Waals surface area contributed by atoms with Gasteiger partial charge in [-0.1, -0.05) is 19.9 Å². The molecule has 2 heterocycles. The van der Waals surface area contributed by atoms with Gasteiger partial charge in [0, 0.05) is 30.6 Å². The standard InChI is InChI=1S/C25H29FN2O4/c1-25(2,19-7-10-21-22(14-19)32-13-12-31-21)16-27-23(29)18-4-3-11-28(15-18)24(30)17-5-8-20(26)9-6-17/h5-10,14,18H,3-4,11-13,15-16H2,1-2H3,(H,27,29). The molecule has 0 radical (unpaired) electrons. The summed E-state index contributed by atoms with van der Waals surface area (Å²) < 4.78 is 24.4. The molecule has 1 atom stereocenters. The third-order valence-electron chi connectivity index (χ3n) is 6.20. The van der Waals surface area contributed by atoms with Crippen molar-refractivity contribution in [1.82, 2.24) is 10.2 Å². The van der Waals surface area contributed by atoms with Crippen LogP contribution in [0.25, 0.3) is 0 Å². The molecular formula is C25H29FN2O4. The summed E-state index contributed by atoms with van der Waals surface area (Å²) in [5.74, 6) is 0.622. The molecule has 0 bridgehead atoms. The average molecular weight is 441 g/mol. The summed E-state index contributed by atoms with van der Waals surface area (Å²) in [7, 11) is 0. The Morgan fingerprint density at radius 1 is 1.09 bits per heavy atom. The van der Waals surface area contributed by atoms with E-state index in [2.05, 4.69) is 19.2 Å². The molecule has 170 valence electrons. The second-order valence-electron chi connectivity index (χ2n) is 9.06. The first kappa shape index (κ1) is 22.1. The van der Waals surface area contributed by atoms with E-state index >= 15 is 0 Å². The highest BCUT2D eigenvalue weighted by Gasteiger charge is 2.31. The maximum absolute atomic E-state index is 13.2. The molecule has 32 heavy (non-hydrogen) atoms. The molecule has 1 saturated heterocycles. The maximum Gasteiger partial charge on any atom is 0.253 e. The van der Waals surface area contributed by atoms with Crippen LogP contribution in [0.5, 0.6) is 11.5 Å². The van der Waals surface area contributed by atoms with Gasteiger partial charge in [0.2, 0.25) is 5.91 Å². The summed E-state index contributed by atoms with van der Waals surface area (Å²) in [4.78, 5) is 27.4. The molecule has 1 fully saturated rings. The van der Waals surface area contributed by atoms with Crippen LogP contribution >= 0.6 is 0 Å². The quantitative estimate of drug-likeness (QED) is 0.772. The van der Waals surface area contributed by atoms with E-state index in [1.54, 1.807) is 4.90 Å². The largest absolute Gasteiger partial charge is 0.486 e. The lowest BCUT2D eigenvalue weighted by Gasteiger charge is -2.33. The molecule has 2 aromatic carbocycles. The number of rotatable bonds is 5. The van der Waals surface area contributed by atoms with Crippen LogP contribution in [-0.4, -0.2) is 49.6 Å². The van der Waals surface area contributed by atoms with Crippen LogP contribution in [0.3, 0.4) is 0 Å². The molecule has 2 aliphatic rings. The molecule has 0 saturated carbocycles. The minimum Gasteiger partial charge on any atom is -0.486 e. The topological polar surface area (TPSA) is 67.9 Å². The van der Waals surface area contributed by atoms with Crippen LogP contribution in [0.2, 0.25) is 0 Å². The van der Waals surface area contributed by atoms with Gasteiger partial charge in [-0.2, -0.15) is 0 Å². The molecule has 2 aromatic rings. The van der Waals surface area contributed by atoms with Crippen molar-refractivity contribution in [2.75, 3.05) is 32.8 Å². The summed E-state index contributed by atoms with van der Waals surface area (Å²) >= 11 is 0. The molecule has 0 aromatic heterocycles. The molecule has 6 nitrogen and oxygen atoms in total. The third kappa shape index (κ3) is 4.87. The number of carbonyl (C=O) groups is 2. The van der Waals surface area contributed by atoms with Crippen molar-refractivity contribution in [3.05, 3.63) is 59.4 Å². The number of benzene rings is 2. The first-order chi connectivity index (χ1) is 15.3. The first-order valence-corrected chi connectivity index (χ1v) is 11.1. The molecule has 1 unspecified atom stereocenters. The van der Waals surface area contributed by atoms with Gasteiger partial charge in [0.15, 0.2) is 11.5 Å². The van der Waals surface area contributed by atoms with Gasteiger partial charge in [0.1, 0.15) is 19.0 Å². The number of nitrogens with one attached hydrogen (secondary N) is 1.